The van der Waals surface area contributed by atoms with Crippen molar-refractivity contribution >= 4 is 28.3 Å². The Labute approximate surface area is 94.7 Å². The van der Waals surface area contributed by atoms with Gasteiger partial charge in [0, 0.05) is 13.8 Å². The van der Waals surface area contributed by atoms with E-state index in [2.05, 4.69) is 20.5 Å². The number of nitrogen functional groups attached to an aromatic ring is 1. The third-order valence-corrected chi connectivity index (χ3v) is 2.52. The summed E-state index contributed by atoms with van der Waals surface area (Å²) in [7, 11) is 0. The number of nitrogens with zero attached hydrogens (tertiary/aromatic N) is 3. The molecule has 2 rings (SSSR count). The molecule has 0 bridgehead atoms. The zero-order valence-corrected chi connectivity index (χ0v) is 9.46. The summed E-state index contributed by atoms with van der Waals surface area (Å²) in [5, 5.41) is 11.1. The Morgan fingerprint density at radius 2 is 2.25 bits per heavy atom. The molecule has 0 saturated carbocycles. The van der Waals surface area contributed by atoms with Crippen LogP contribution in [0.2, 0.25) is 0 Å². The van der Waals surface area contributed by atoms with Gasteiger partial charge in [-0.1, -0.05) is 11.3 Å². The maximum absolute atomic E-state index is 10.8. The first-order chi connectivity index (χ1) is 7.56. The molecule has 0 aliphatic rings. The number of hydrogen-bond donors (Lipinski definition) is 2. The number of carbonyl (C=O) groups is 1. The van der Waals surface area contributed by atoms with Crippen molar-refractivity contribution in [1.82, 2.24) is 15.2 Å². The highest BCUT2D eigenvalue weighted by atomic mass is 32.1. The number of hydrogen-bond acceptors (Lipinski definition) is 7. The SMILES string of the molecule is CC(=O)Nc1nnc(-c2nc(C)oc2N)s1. The van der Waals surface area contributed by atoms with Crippen LogP contribution in [0.25, 0.3) is 10.7 Å². The molecule has 7 nitrogen and oxygen atoms in total. The average Bonchev–Trinajstić information content (AvgIpc) is 2.72. The second kappa shape index (κ2) is 3.89. The quantitative estimate of drug-likeness (QED) is 0.810. The van der Waals surface area contributed by atoms with Gasteiger partial charge in [0.1, 0.15) is 0 Å². The molecule has 0 aliphatic heterocycles. The van der Waals surface area contributed by atoms with Crippen molar-refractivity contribution in [3.8, 4) is 10.7 Å². The van der Waals surface area contributed by atoms with Gasteiger partial charge in [-0.05, 0) is 0 Å². The lowest BCUT2D eigenvalue weighted by Crippen LogP contribution is -2.04. The Kier molecular flexibility index (Phi) is 2.57. The molecule has 2 heterocycles. The van der Waals surface area contributed by atoms with Gasteiger partial charge in [0.25, 0.3) is 0 Å². The van der Waals surface area contributed by atoms with E-state index in [4.69, 9.17) is 10.2 Å². The second-order valence-electron chi connectivity index (χ2n) is 3.04. The van der Waals surface area contributed by atoms with E-state index < -0.39 is 0 Å². The summed E-state index contributed by atoms with van der Waals surface area (Å²) >= 11 is 1.19. The molecule has 3 N–H and O–H groups in total. The van der Waals surface area contributed by atoms with Crippen molar-refractivity contribution < 1.29 is 9.21 Å². The van der Waals surface area contributed by atoms with E-state index in [1.165, 1.54) is 18.3 Å². The van der Waals surface area contributed by atoms with Gasteiger partial charge < -0.3 is 15.5 Å². The van der Waals surface area contributed by atoms with Gasteiger partial charge >= 0.3 is 0 Å². The molecule has 0 saturated heterocycles. The lowest BCUT2D eigenvalue weighted by Gasteiger charge is -1.90. The topological polar surface area (TPSA) is 107 Å². The second-order valence-corrected chi connectivity index (χ2v) is 4.02. The standard InChI is InChI=1S/C8H9N5O2S/c1-3(14)10-8-13-12-7(16-8)5-6(9)15-4(2)11-5/h9H2,1-2H3,(H,10,13,14). The van der Waals surface area contributed by atoms with Crippen molar-refractivity contribution in [2.75, 3.05) is 11.1 Å². The predicted molar refractivity (Wildman–Crippen MR) is 58.9 cm³/mol. The monoisotopic (exact) mass is 239 g/mol. The molecule has 0 aliphatic carbocycles. The van der Waals surface area contributed by atoms with Crippen LogP contribution in [0.4, 0.5) is 11.0 Å². The van der Waals surface area contributed by atoms with Crippen LogP contribution in [0.15, 0.2) is 4.42 Å². The molecule has 0 aromatic carbocycles. The maximum atomic E-state index is 10.8. The summed E-state index contributed by atoms with van der Waals surface area (Å²) in [5.41, 5.74) is 6.06. The van der Waals surface area contributed by atoms with Crippen molar-refractivity contribution in [1.29, 1.82) is 0 Å². The highest BCUT2D eigenvalue weighted by Gasteiger charge is 2.15. The van der Waals surface area contributed by atoms with Crippen LogP contribution in [0, 0.1) is 6.92 Å². The van der Waals surface area contributed by atoms with Crippen molar-refractivity contribution in [2.45, 2.75) is 13.8 Å². The average molecular weight is 239 g/mol. The number of amides is 1. The van der Waals surface area contributed by atoms with Crippen LogP contribution in [0.1, 0.15) is 12.8 Å². The van der Waals surface area contributed by atoms with Crippen LogP contribution in [0.3, 0.4) is 0 Å². The van der Waals surface area contributed by atoms with Crippen molar-refractivity contribution in [3.05, 3.63) is 5.89 Å². The molecule has 0 fully saturated rings. The van der Waals surface area contributed by atoms with E-state index in [1.54, 1.807) is 6.92 Å². The van der Waals surface area contributed by atoms with E-state index in [-0.39, 0.29) is 11.8 Å². The van der Waals surface area contributed by atoms with E-state index in [0.29, 0.717) is 21.7 Å². The Morgan fingerprint density at radius 1 is 1.50 bits per heavy atom. The first kappa shape index (κ1) is 10.6. The molecular formula is C8H9N5O2S. The highest BCUT2D eigenvalue weighted by Crippen LogP contribution is 2.30. The molecule has 16 heavy (non-hydrogen) atoms. The van der Waals surface area contributed by atoms with Gasteiger partial charge in [-0.3, -0.25) is 4.79 Å². The van der Waals surface area contributed by atoms with Crippen LogP contribution in [0.5, 0.6) is 0 Å². The number of oxazole rings is 1. The molecule has 2 aromatic heterocycles. The lowest BCUT2D eigenvalue weighted by molar-refractivity contribution is -0.114. The number of nitrogens with two attached hydrogens (primary N) is 1. The van der Waals surface area contributed by atoms with Gasteiger partial charge in [0.2, 0.25) is 16.9 Å². The Balaban J connectivity index is 2.31. The Hall–Kier alpha value is -1.96. The van der Waals surface area contributed by atoms with Crippen molar-refractivity contribution in [3.63, 3.8) is 0 Å². The first-order valence-electron chi connectivity index (χ1n) is 4.40. The minimum atomic E-state index is -0.202. The third-order valence-electron chi connectivity index (χ3n) is 1.67. The van der Waals surface area contributed by atoms with Gasteiger partial charge in [0.05, 0.1) is 0 Å². The van der Waals surface area contributed by atoms with E-state index >= 15 is 0 Å². The molecule has 84 valence electrons. The Bertz CT molecular complexity index is 532. The number of aryl methyl sites for hydroxylation is 1. The summed E-state index contributed by atoms with van der Waals surface area (Å²) in [6, 6.07) is 0. The summed E-state index contributed by atoms with van der Waals surface area (Å²) in [5.74, 6) is 0.457. The summed E-state index contributed by atoms with van der Waals surface area (Å²) in [6.07, 6.45) is 0. The number of rotatable bonds is 2. The highest BCUT2D eigenvalue weighted by molar-refractivity contribution is 7.18. The molecule has 8 heteroatoms. The summed E-state index contributed by atoms with van der Waals surface area (Å²) in [4.78, 5) is 14.9. The molecule has 2 aromatic rings. The largest absolute Gasteiger partial charge is 0.425 e. The first-order valence-corrected chi connectivity index (χ1v) is 5.22. The number of anilines is 2. The minimum absolute atomic E-state index is 0.197. The van der Waals surface area contributed by atoms with Crippen LogP contribution in [-0.4, -0.2) is 21.1 Å². The number of carbonyl (C=O) groups excluding carboxylic acids is 1. The normalized spacial score (nSPS) is 10.4. The predicted octanol–water partition coefficient (Wildman–Crippen LogP) is 1.04. The van der Waals surface area contributed by atoms with Crippen LogP contribution < -0.4 is 11.1 Å². The smallest absolute Gasteiger partial charge is 0.223 e. The van der Waals surface area contributed by atoms with Crippen LogP contribution in [-0.2, 0) is 4.79 Å². The minimum Gasteiger partial charge on any atom is -0.425 e. The fourth-order valence-electron chi connectivity index (χ4n) is 1.12. The zero-order chi connectivity index (χ0) is 11.7. The molecular weight excluding hydrogens is 230 g/mol. The van der Waals surface area contributed by atoms with Crippen molar-refractivity contribution in [2.24, 2.45) is 0 Å². The number of aromatic nitrogens is 3. The lowest BCUT2D eigenvalue weighted by atomic mass is 10.5. The Morgan fingerprint density at radius 3 is 2.81 bits per heavy atom. The fourth-order valence-corrected chi connectivity index (χ4v) is 1.90. The van der Waals surface area contributed by atoms with Gasteiger partial charge in [-0.15, -0.1) is 10.2 Å². The maximum Gasteiger partial charge on any atom is 0.223 e. The van der Waals surface area contributed by atoms with Gasteiger partial charge in [-0.25, -0.2) is 4.98 Å². The van der Waals surface area contributed by atoms with E-state index in [9.17, 15) is 4.79 Å². The van der Waals surface area contributed by atoms with Gasteiger partial charge in [-0.2, -0.15) is 0 Å². The molecule has 0 unspecified atom stereocenters. The van der Waals surface area contributed by atoms with E-state index in [0.717, 1.165) is 0 Å². The zero-order valence-electron chi connectivity index (χ0n) is 8.64. The molecule has 0 atom stereocenters. The molecule has 1 amide bonds. The molecule has 0 radical (unpaired) electrons. The molecule has 0 spiro atoms. The fraction of sp³-hybridized carbons (Fsp3) is 0.250. The van der Waals surface area contributed by atoms with Gasteiger partial charge in [0.15, 0.2) is 16.6 Å². The summed E-state index contributed by atoms with van der Waals surface area (Å²) in [6.45, 7) is 3.09. The number of nitrogens with one attached hydrogen (secondary N) is 1. The summed E-state index contributed by atoms with van der Waals surface area (Å²) < 4.78 is 5.08. The van der Waals surface area contributed by atoms with E-state index in [1.807, 2.05) is 0 Å². The third kappa shape index (κ3) is 2.01. The van der Waals surface area contributed by atoms with Crippen LogP contribution >= 0.6 is 11.3 Å².